The summed E-state index contributed by atoms with van der Waals surface area (Å²) >= 11 is 1.73. The first kappa shape index (κ1) is 12.0. The van der Waals surface area contributed by atoms with E-state index in [9.17, 15) is 0 Å². The van der Waals surface area contributed by atoms with Gasteiger partial charge in [0, 0.05) is 24.2 Å². The summed E-state index contributed by atoms with van der Waals surface area (Å²) in [7, 11) is 0. The number of aromatic nitrogens is 1. The van der Waals surface area contributed by atoms with Gasteiger partial charge in [-0.25, -0.2) is 9.98 Å². The summed E-state index contributed by atoms with van der Waals surface area (Å²) in [5.41, 5.74) is 3.40. The van der Waals surface area contributed by atoms with Crippen molar-refractivity contribution in [2.75, 3.05) is 13.1 Å². The molecular formula is C15H16N4S. The summed E-state index contributed by atoms with van der Waals surface area (Å²) in [5.74, 6) is 2.15. The Labute approximate surface area is 121 Å². The summed E-state index contributed by atoms with van der Waals surface area (Å²) in [4.78, 5) is 18.8. The van der Waals surface area contributed by atoms with E-state index in [1.165, 1.54) is 15.8 Å². The summed E-state index contributed by atoms with van der Waals surface area (Å²) in [6.45, 7) is 8.20. The number of aryl methyl sites for hydroxylation is 2. The molecule has 0 saturated heterocycles. The number of fused-ring (bicyclic) bond motifs is 5. The van der Waals surface area contributed by atoms with E-state index in [1.807, 2.05) is 6.92 Å². The van der Waals surface area contributed by atoms with Gasteiger partial charge in [-0.15, -0.1) is 11.3 Å². The van der Waals surface area contributed by atoms with Gasteiger partial charge < -0.3 is 4.90 Å². The van der Waals surface area contributed by atoms with E-state index in [4.69, 9.17) is 9.98 Å². The molecule has 0 unspecified atom stereocenters. The molecule has 0 fully saturated rings. The lowest BCUT2D eigenvalue weighted by molar-refractivity contribution is 0.545. The fraction of sp³-hybridized carbons (Fsp3) is 0.400. The van der Waals surface area contributed by atoms with Gasteiger partial charge in [-0.3, -0.25) is 4.99 Å². The van der Waals surface area contributed by atoms with E-state index in [2.05, 4.69) is 29.8 Å². The second kappa shape index (κ2) is 4.12. The van der Waals surface area contributed by atoms with E-state index in [0.29, 0.717) is 0 Å². The van der Waals surface area contributed by atoms with Gasteiger partial charge in [0.25, 0.3) is 0 Å². The molecule has 20 heavy (non-hydrogen) atoms. The van der Waals surface area contributed by atoms with Crippen LogP contribution in [0.3, 0.4) is 0 Å². The smallest absolute Gasteiger partial charge is 0.148 e. The molecule has 4 rings (SSSR count). The van der Waals surface area contributed by atoms with Crippen molar-refractivity contribution >= 4 is 38.9 Å². The van der Waals surface area contributed by atoms with Crippen molar-refractivity contribution in [3.8, 4) is 0 Å². The summed E-state index contributed by atoms with van der Waals surface area (Å²) in [6, 6.07) is 2.13. The third-order valence-corrected chi connectivity index (χ3v) is 4.96. The zero-order valence-electron chi connectivity index (χ0n) is 11.9. The zero-order chi connectivity index (χ0) is 13.9. The van der Waals surface area contributed by atoms with Crippen molar-refractivity contribution in [1.29, 1.82) is 0 Å². The maximum Gasteiger partial charge on any atom is 0.148 e. The quantitative estimate of drug-likeness (QED) is 0.743. The molecule has 0 atom stereocenters. The van der Waals surface area contributed by atoms with Crippen molar-refractivity contribution < 1.29 is 0 Å². The van der Waals surface area contributed by atoms with Crippen LogP contribution in [0.2, 0.25) is 0 Å². The molecule has 0 amide bonds. The van der Waals surface area contributed by atoms with Gasteiger partial charge >= 0.3 is 0 Å². The van der Waals surface area contributed by atoms with Crippen LogP contribution in [0.15, 0.2) is 16.1 Å². The van der Waals surface area contributed by atoms with Gasteiger partial charge in [0.1, 0.15) is 16.5 Å². The molecule has 0 bridgehead atoms. The predicted octanol–water partition coefficient (Wildman–Crippen LogP) is 3.43. The molecule has 2 aliphatic rings. The van der Waals surface area contributed by atoms with Crippen LogP contribution in [0, 0.1) is 13.8 Å². The molecule has 2 aliphatic heterocycles. The number of rotatable bonds is 0. The average molecular weight is 284 g/mol. The van der Waals surface area contributed by atoms with Crippen LogP contribution >= 0.6 is 11.3 Å². The SMILES string of the molecule is CC1=Nc2c(sc3nc(C)cc(C)c23)C2=NCCCN12. The molecule has 0 spiro atoms. The Morgan fingerprint density at radius 3 is 2.95 bits per heavy atom. The standard InChI is InChI=1S/C15H16N4S/c1-8-7-9(2)17-15-11(8)12-13(20-15)14-16-5-4-6-19(14)10(3)18-12/h7H,4-6H2,1-3H3. The first-order valence-corrected chi connectivity index (χ1v) is 7.75. The van der Waals surface area contributed by atoms with Crippen molar-refractivity contribution in [1.82, 2.24) is 9.88 Å². The monoisotopic (exact) mass is 284 g/mol. The third-order valence-electron chi connectivity index (χ3n) is 3.89. The lowest BCUT2D eigenvalue weighted by Crippen LogP contribution is -2.41. The van der Waals surface area contributed by atoms with Crippen LogP contribution in [0.5, 0.6) is 0 Å². The van der Waals surface area contributed by atoms with Crippen LogP contribution < -0.4 is 0 Å². The third kappa shape index (κ3) is 1.56. The van der Waals surface area contributed by atoms with Crippen LogP contribution in [-0.4, -0.2) is 34.6 Å². The largest absolute Gasteiger partial charge is 0.314 e. The van der Waals surface area contributed by atoms with Crippen LogP contribution in [0.1, 0.15) is 29.5 Å². The molecular weight excluding hydrogens is 268 g/mol. The Bertz CT molecular complexity index is 785. The maximum atomic E-state index is 4.84. The molecule has 4 heterocycles. The van der Waals surface area contributed by atoms with E-state index < -0.39 is 0 Å². The Hall–Kier alpha value is -1.75. The van der Waals surface area contributed by atoms with Gasteiger partial charge in [0.05, 0.1) is 10.6 Å². The van der Waals surface area contributed by atoms with Crippen LogP contribution in [0.25, 0.3) is 10.2 Å². The number of pyridine rings is 1. The molecule has 2 aromatic rings. The Morgan fingerprint density at radius 1 is 1.25 bits per heavy atom. The Morgan fingerprint density at radius 2 is 2.10 bits per heavy atom. The van der Waals surface area contributed by atoms with Gasteiger partial charge in [0.2, 0.25) is 0 Å². The van der Waals surface area contributed by atoms with E-state index in [0.717, 1.165) is 47.4 Å². The minimum absolute atomic E-state index is 0.915. The minimum atomic E-state index is 0.915. The fourth-order valence-electron chi connectivity index (χ4n) is 3.02. The number of aliphatic imine (C=N–C) groups is 2. The summed E-state index contributed by atoms with van der Waals surface area (Å²) in [5, 5.41) is 1.20. The van der Waals surface area contributed by atoms with Gasteiger partial charge in [-0.1, -0.05) is 0 Å². The Balaban J connectivity index is 2.08. The highest BCUT2D eigenvalue weighted by Gasteiger charge is 2.30. The van der Waals surface area contributed by atoms with Crippen molar-refractivity contribution in [3.63, 3.8) is 0 Å². The van der Waals surface area contributed by atoms with Gasteiger partial charge in [-0.2, -0.15) is 0 Å². The van der Waals surface area contributed by atoms with E-state index >= 15 is 0 Å². The van der Waals surface area contributed by atoms with E-state index in [-0.39, 0.29) is 0 Å². The highest BCUT2D eigenvalue weighted by Crippen LogP contribution is 2.42. The maximum absolute atomic E-state index is 4.84. The number of nitrogens with zero attached hydrogens (tertiary/aromatic N) is 4. The van der Waals surface area contributed by atoms with Gasteiger partial charge in [-0.05, 0) is 38.8 Å². The zero-order valence-corrected chi connectivity index (χ0v) is 12.7. The molecule has 0 saturated carbocycles. The van der Waals surface area contributed by atoms with Crippen LogP contribution in [-0.2, 0) is 0 Å². The topological polar surface area (TPSA) is 40.9 Å². The molecule has 0 radical (unpaired) electrons. The number of amidine groups is 2. The predicted molar refractivity (Wildman–Crippen MR) is 84.6 cm³/mol. The highest BCUT2D eigenvalue weighted by atomic mass is 32.1. The first-order valence-electron chi connectivity index (χ1n) is 6.93. The normalized spacial score (nSPS) is 17.6. The molecule has 102 valence electrons. The Kier molecular flexibility index (Phi) is 2.48. The first-order chi connectivity index (χ1) is 9.65. The minimum Gasteiger partial charge on any atom is -0.314 e. The molecule has 0 N–H and O–H groups in total. The molecule has 0 aliphatic carbocycles. The van der Waals surface area contributed by atoms with Gasteiger partial charge in [0.15, 0.2) is 0 Å². The molecule has 2 aromatic heterocycles. The summed E-state index contributed by atoms with van der Waals surface area (Å²) in [6.07, 6.45) is 1.10. The summed E-state index contributed by atoms with van der Waals surface area (Å²) < 4.78 is 0. The van der Waals surface area contributed by atoms with Crippen molar-refractivity contribution in [2.45, 2.75) is 27.2 Å². The molecule has 4 nitrogen and oxygen atoms in total. The van der Waals surface area contributed by atoms with Crippen molar-refractivity contribution in [2.24, 2.45) is 9.98 Å². The number of hydrogen-bond acceptors (Lipinski definition) is 5. The second-order valence-electron chi connectivity index (χ2n) is 5.41. The number of thiophene rings is 1. The molecule has 0 aromatic carbocycles. The lowest BCUT2D eigenvalue weighted by atomic mass is 10.1. The van der Waals surface area contributed by atoms with Crippen LogP contribution in [0.4, 0.5) is 5.69 Å². The molecule has 5 heteroatoms. The van der Waals surface area contributed by atoms with E-state index in [1.54, 1.807) is 11.3 Å². The fourth-order valence-corrected chi connectivity index (χ4v) is 4.27. The van der Waals surface area contributed by atoms with Crippen molar-refractivity contribution in [3.05, 3.63) is 22.2 Å². The number of hydrogen-bond donors (Lipinski definition) is 0. The lowest BCUT2D eigenvalue weighted by Gasteiger charge is -2.31. The highest BCUT2D eigenvalue weighted by molar-refractivity contribution is 7.21. The average Bonchev–Trinajstić information content (AvgIpc) is 2.77. The second-order valence-corrected chi connectivity index (χ2v) is 6.41.